The minimum absolute atomic E-state index is 0.195. The third-order valence-corrected chi connectivity index (χ3v) is 2.13. The highest BCUT2D eigenvalue weighted by Crippen LogP contribution is 2.15. The standard InChI is InChI=1S/C12H23NO4/c1-8(2)7-9(10(14)15)13(6)11(16)17-12(3,4)5/h8-9H,7H2,1-6H3,(H,14,15)/t9-/m1/s1. The zero-order valence-electron chi connectivity index (χ0n) is 11.5. The maximum absolute atomic E-state index is 11.7. The number of rotatable bonds is 4. The first-order valence-electron chi connectivity index (χ1n) is 5.73. The Balaban J connectivity index is 4.67. The average molecular weight is 245 g/mol. The van der Waals surface area contributed by atoms with Crippen LogP contribution in [-0.4, -0.2) is 40.8 Å². The molecule has 0 saturated carbocycles. The lowest BCUT2D eigenvalue weighted by molar-refractivity contribution is -0.143. The normalized spacial score (nSPS) is 13.4. The molecule has 0 spiro atoms. The van der Waals surface area contributed by atoms with Crippen LogP contribution in [0.5, 0.6) is 0 Å². The van der Waals surface area contributed by atoms with Gasteiger partial charge in [-0.15, -0.1) is 0 Å². The highest BCUT2D eigenvalue weighted by Gasteiger charge is 2.30. The monoisotopic (exact) mass is 245 g/mol. The summed E-state index contributed by atoms with van der Waals surface area (Å²) in [5.41, 5.74) is -0.619. The summed E-state index contributed by atoms with van der Waals surface area (Å²) in [6.45, 7) is 9.07. The number of nitrogens with zero attached hydrogens (tertiary/aromatic N) is 1. The van der Waals surface area contributed by atoms with E-state index in [4.69, 9.17) is 9.84 Å². The quantitative estimate of drug-likeness (QED) is 0.825. The molecule has 0 saturated heterocycles. The summed E-state index contributed by atoms with van der Waals surface area (Å²) < 4.78 is 5.14. The molecule has 5 heteroatoms. The molecule has 0 bridgehead atoms. The lowest BCUT2D eigenvalue weighted by Gasteiger charge is -2.29. The summed E-state index contributed by atoms with van der Waals surface area (Å²) in [6.07, 6.45) is -0.198. The van der Waals surface area contributed by atoms with Crippen molar-refractivity contribution in [2.75, 3.05) is 7.05 Å². The van der Waals surface area contributed by atoms with E-state index >= 15 is 0 Å². The summed E-state index contributed by atoms with van der Waals surface area (Å²) >= 11 is 0. The molecule has 0 fully saturated rings. The van der Waals surface area contributed by atoms with Crippen LogP contribution in [-0.2, 0) is 9.53 Å². The molecule has 0 aliphatic heterocycles. The number of amides is 1. The topological polar surface area (TPSA) is 66.8 Å². The van der Waals surface area contributed by atoms with Gasteiger partial charge in [0.2, 0.25) is 0 Å². The van der Waals surface area contributed by atoms with Crippen LogP contribution in [0.15, 0.2) is 0 Å². The molecule has 0 aromatic carbocycles. The summed E-state index contributed by atoms with van der Waals surface area (Å²) in [6, 6.07) is -0.843. The van der Waals surface area contributed by atoms with Crippen molar-refractivity contribution in [3.63, 3.8) is 0 Å². The van der Waals surface area contributed by atoms with Gasteiger partial charge in [-0.3, -0.25) is 4.90 Å². The molecule has 0 aliphatic carbocycles. The average Bonchev–Trinajstić information content (AvgIpc) is 2.09. The summed E-state index contributed by atoms with van der Waals surface area (Å²) in [5, 5.41) is 9.09. The Morgan fingerprint density at radius 1 is 1.29 bits per heavy atom. The maximum atomic E-state index is 11.7. The van der Waals surface area contributed by atoms with E-state index in [1.807, 2.05) is 13.8 Å². The van der Waals surface area contributed by atoms with Crippen LogP contribution < -0.4 is 0 Å². The number of carbonyl (C=O) groups excluding carboxylic acids is 1. The lowest BCUT2D eigenvalue weighted by atomic mass is 10.0. The van der Waals surface area contributed by atoms with Crippen molar-refractivity contribution >= 4 is 12.1 Å². The highest BCUT2D eigenvalue weighted by molar-refractivity contribution is 5.79. The highest BCUT2D eigenvalue weighted by atomic mass is 16.6. The van der Waals surface area contributed by atoms with Crippen molar-refractivity contribution in [3.05, 3.63) is 0 Å². The number of hydrogen-bond donors (Lipinski definition) is 1. The van der Waals surface area contributed by atoms with Gasteiger partial charge < -0.3 is 9.84 Å². The number of carboxylic acid groups (broad SMARTS) is 1. The van der Waals surface area contributed by atoms with Gasteiger partial charge in [-0.05, 0) is 33.1 Å². The van der Waals surface area contributed by atoms with Crippen LogP contribution in [0.1, 0.15) is 41.0 Å². The second-order valence-corrected chi connectivity index (χ2v) is 5.57. The largest absolute Gasteiger partial charge is 0.480 e. The van der Waals surface area contributed by atoms with E-state index in [1.165, 1.54) is 7.05 Å². The summed E-state index contributed by atoms with van der Waals surface area (Å²) in [5.74, 6) is -0.812. The number of ether oxygens (including phenoxy) is 1. The maximum Gasteiger partial charge on any atom is 0.410 e. The van der Waals surface area contributed by atoms with Gasteiger partial charge in [0.25, 0.3) is 0 Å². The van der Waals surface area contributed by atoms with Crippen LogP contribution in [0.3, 0.4) is 0 Å². The molecule has 0 unspecified atom stereocenters. The van der Waals surface area contributed by atoms with Gasteiger partial charge in [-0.25, -0.2) is 9.59 Å². The number of carbonyl (C=O) groups is 2. The fraction of sp³-hybridized carbons (Fsp3) is 0.833. The molecule has 0 heterocycles. The first kappa shape index (κ1) is 15.7. The van der Waals surface area contributed by atoms with Gasteiger partial charge in [0.1, 0.15) is 11.6 Å². The van der Waals surface area contributed by atoms with E-state index in [0.717, 1.165) is 4.90 Å². The fourth-order valence-corrected chi connectivity index (χ4v) is 1.33. The van der Waals surface area contributed by atoms with Crippen molar-refractivity contribution < 1.29 is 19.4 Å². The Morgan fingerprint density at radius 2 is 1.76 bits per heavy atom. The molecule has 17 heavy (non-hydrogen) atoms. The van der Waals surface area contributed by atoms with E-state index in [1.54, 1.807) is 20.8 Å². The van der Waals surface area contributed by atoms with Crippen molar-refractivity contribution in [1.29, 1.82) is 0 Å². The molecular weight excluding hydrogens is 222 g/mol. The molecule has 0 radical (unpaired) electrons. The van der Waals surface area contributed by atoms with Crippen molar-refractivity contribution in [1.82, 2.24) is 4.90 Å². The molecule has 1 N–H and O–H groups in total. The smallest absolute Gasteiger partial charge is 0.410 e. The van der Waals surface area contributed by atoms with E-state index in [-0.39, 0.29) is 5.92 Å². The molecule has 1 amide bonds. The van der Waals surface area contributed by atoms with Gasteiger partial charge in [-0.1, -0.05) is 13.8 Å². The van der Waals surface area contributed by atoms with Crippen molar-refractivity contribution in [2.45, 2.75) is 52.7 Å². The second kappa shape index (κ2) is 5.89. The second-order valence-electron chi connectivity index (χ2n) is 5.57. The van der Waals surface area contributed by atoms with Crippen molar-refractivity contribution in [2.24, 2.45) is 5.92 Å². The number of aliphatic carboxylic acids is 1. The molecule has 1 atom stereocenters. The van der Waals surface area contributed by atoms with Crippen LogP contribution in [0, 0.1) is 5.92 Å². The Labute approximate surface area is 103 Å². The van der Waals surface area contributed by atoms with E-state index < -0.39 is 23.7 Å². The van der Waals surface area contributed by atoms with Gasteiger partial charge in [-0.2, -0.15) is 0 Å². The predicted octanol–water partition coefficient (Wildman–Crippen LogP) is 2.35. The third kappa shape index (κ3) is 6.14. The Bertz CT molecular complexity index is 281. The van der Waals surface area contributed by atoms with Gasteiger partial charge >= 0.3 is 12.1 Å². The van der Waals surface area contributed by atoms with Gasteiger partial charge in [0.15, 0.2) is 0 Å². The van der Waals surface area contributed by atoms with E-state index in [9.17, 15) is 9.59 Å². The molecule has 0 aliphatic rings. The van der Waals surface area contributed by atoms with Crippen LogP contribution in [0.2, 0.25) is 0 Å². The molecule has 0 aromatic heterocycles. The molecule has 0 rings (SSSR count). The zero-order valence-corrected chi connectivity index (χ0v) is 11.5. The number of likely N-dealkylation sites (N-methyl/N-ethyl adjacent to an activating group) is 1. The summed E-state index contributed by atoms with van der Waals surface area (Å²) in [7, 11) is 1.45. The summed E-state index contributed by atoms with van der Waals surface area (Å²) in [4.78, 5) is 24.0. The zero-order chi connectivity index (χ0) is 13.8. The van der Waals surface area contributed by atoms with Gasteiger partial charge in [0.05, 0.1) is 0 Å². The molecular formula is C12H23NO4. The van der Waals surface area contributed by atoms with Gasteiger partial charge in [0, 0.05) is 7.05 Å². The van der Waals surface area contributed by atoms with Crippen LogP contribution >= 0.6 is 0 Å². The molecule has 0 aromatic rings. The predicted molar refractivity (Wildman–Crippen MR) is 64.9 cm³/mol. The molecule has 5 nitrogen and oxygen atoms in total. The van der Waals surface area contributed by atoms with E-state index in [0.29, 0.717) is 6.42 Å². The van der Waals surface area contributed by atoms with Crippen molar-refractivity contribution in [3.8, 4) is 0 Å². The van der Waals surface area contributed by atoms with E-state index in [2.05, 4.69) is 0 Å². The Hall–Kier alpha value is -1.26. The lowest BCUT2D eigenvalue weighted by Crippen LogP contribution is -2.45. The van der Waals surface area contributed by atoms with Crippen LogP contribution in [0.25, 0.3) is 0 Å². The third-order valence-electron chi connectivity index (χ3n) is 2.13. The first-order valence-corrected chi connectivity index (χ1v) is 5.73. The number of hydrogen-bond acceptors (Lipinski definition) is 3. The number of carboxylic acids is 1. The minimum atomic E-state index is -1.01. The Morgan fingerprint density at radius 3 is 2.06 bits per heavy atom. The first-order chi connectivity index (χ1) is 7.54. The SMILES string of the molecule is CC(C)C[C@H](C(=O)O)N(C)C(=O)OC(C)(C)C. The minimum Gasteiger partial charge on any atom is -0.480 e. The Kier molecular flexibility index (Phi) is 5.45. The molecule has 100 valence electrons. The fourth-order valence-electron chi connectivity index (χ4n) is 1.33. The van der Waals surface area contributed by atoms with Crippen LogP contribution in [0.4, 0.5) is 4.79 Å².